The van der Waals surface area contributed by atoms with E-state index in [-0.39, 0.29) is 0 Å². The summed E-state index contributed by atoms with van der Waals surface area (Å²) in [7, 11) is 0. The lowest BCUT2D eigenvalue weighted by Crippen LogP contribution is -2.26. The van der Waals surface area contributed by atoms with Crippen LogP contribution in [0.2, 0.25) is 0 Å². The van der Waals surface area contributed by atoms with Crippen LogP contribution in [0.15, 0.2) is 23.9 Å². The average Bonchev–Trinajstić information content (AvgIpc) is 2.06. The largest absolute Gasteiger partial charge is 0.365 e. The minimum Gasteiger partial charge on any atom is -0.365 e. The van der Waals surface area contributed by atoms with Crippen molar-refractivity contribution >= 4 is 6.29 Å². The fourth-order valence-corrected chi connectivity index (χ4v) is 1.17. The number of rotatable bonds is 3. The van der Waals surface area contributed by atoms with Gasteiger partial charge >= 0.3 is 0 Å². The SMILES string of the molecule is CCCN1CC=CC=C1C=O. The number of allylic oxidation sites excluding steroid dienone is 3. The van der Waals surface area contributed by atoms with Gasteiger partial charge < -0.3 is 4.90 Å². The van der Waals surface area contributed by atoms with E-state index in [1.165, 1.54) is 0 Å². The third-order valence-electron chi connectivity index (χ3n) is 1.71. The molecule has 0 saturated carbocycles. The van der Waals surface area contributed by atoms with Gasteiger partial charge in [-0.15, -0.1) is 0 Å². The number of carbonyl (C=O) groups is 1. The number of nitrogens with zero attached hydrogens (tertiary/aromatic N) is 1. The summed E-state index contributed by atoms with van der Waals surface area (Å²) >= 11 is 0. The summed E-state index contributed by atoms with van der Waals surface area (Å²) < 4.78 is 0. The third-order valence-corrected chi connectivity index (χ3v) is 1.71. The first-order valence-corrected chi connectivity index (χ1v) is 3.95. The molecule has 0 spiro atoms. The third kappa shape index (κ3) is 1.93. The van der Waals surface area contributed by atoms with Crippen LogP contribution >= 0.6 is 0 Å². The number of carbonyl (C=O) groups excluding carboxylic acids is 1. The lowest BCUT2D eigenvalue weighted by molar-refractivity contribution is -0.106. The van der Waals surface area contributed by atoms with Crippen LogP contribution in [0, 0.1) is 0 Å². The van der Waals surface area contributed by atoms with Crippen LogP contribution < -0.4 is 0 Å². The standard InChI is InChI=1S/C9H13NO/c1-2-6-10-7-4-3-5-9(10)8-11/h3-5,8H,2,6-7H2,1H3. The van der Waals surface area contributed by atoms with Gasteiger partial charge in [0.25, 0.3) is 0 Å². The van der Waals surface area contributed by atoms with Crippen molar-refractivity contribution in [3.63, 3.8) is 0 Å². The molecule has 0 N–H and O–H groups in total. The summed E-state index contributed by atoms with van der Waals surface area (Å²) in [6.07, 6.45) is 7.84. The zero-order valence-electron chi connectivity index (χ0n) is 6.79. The Morgan fingerprint density at radius 1 is 1.73 bits per heavy atom. The van der Waals surface area contributed by atoms with Crippen LogP contribution in [0.1, 0.15) is 13.3 Å². The molecule has 1 heterocycles. The highest BCUT2D eigenvalue weighted by molar-refractivity contribution is 5.73. The number of aldehydes is 1. The summed E-state index contributed by atoms with van der Waals surface area (Å²) in [5.74, 6) is 0. The molecule has 2 nitrogen and oxygen atoms in total. The summed E-state index contributed by atoms with van der Waals surface area (Å²) in [6, 6.07) is 0. The molecule has 0 saturated heterocycles. The van der Waals surface area contributed by atoms with Crippen molar-refractivity contribution in [2.45, 2.75) is 13.3 Å². The first-order chi connectivity index (χ1) is 5.38. The van der Waals surface area contributed by atoms with Crippen LogP contribution in [-0.4, -0.2) is 24.3 Å². The van der Waals surface area contributed by atoms with E-state index in [1.54, 1.807) is 0 Å². The lowest BCUT2D eigenvalue weighted by atomic mass is 10.2. The normalized spacial score (nSPS) is 16.5. The molecule has 0 aromatic heterocycles. The molecule has 60 valence electrons. The van der Waals surface area contributed by atoms with Gasteiger partial charge in [0.15, 0.2) is 6.29 Å². The van der Waals surface area contributed by atoms with Gasteiger partial charge in [-0.2, -0.15) is 0 Å². The van der Waals surface area contributed by atoms with Gasteiger partial charge in [0.05, 0.1) is 5.70 Å². The van der Waals surface area contributed by atoms with E-state index in [4.69, 9.17) is 0 Å². The van der Waals surface area contributed by atoms with Crippen LogP contribution in [0.4, 0.5) is 0 Å². The maximum atomic E-state index is 10.5. The van der Waals surface area contributed by atoms with Gasteiger partial charge in [-0.25, -0.2) is 0 Å². The molecule has 0 aromatic rings. The minimum absolute atomic E-state index is 0.800. The predicted octanol–water partition coefficient (Wildman–Crippen LogP) is 1.35. The Balaban J connectivity index is 2.59. The molecule has 0 amide bonds. The topological polar surface area (TPSA) is 20.3 Å². The molecule has 2 heteroatoms. The highest BCUT2D eigenvalue weighted by Gasteiger charge is 2.07. The average molecular weight is 151 g/mol. The molecule has 0 radical (unpaired) electrons. The molecule has 1 aliphatic rings. The molecule has 0 bridgehead atoms. The summed E-state index contributed by atoms with van der Waals surface area (Å²) in [5, 5.41) is 0. The summed E-state index contributed by atoms with van der Waals surface area (Å²) in [5.41, 5.74) is 0.800. The first-order valence-electron chi connectivity index (χ1n) is 3.95. The smallest absolute Gasteiger partial charge is 0.166 e. The molecule has 0 atom stereocenters. The predicted molar refractivity (Wildman–Crippen MR) is 45.2 cm³/mol. The molecule has 11 heavy (non-hydrogen) atoms. The molecule has 0 unspecified atom stereocenters. The van der Waals surface area contributed by atoms with Crippen molar-refractivity contribution in [2.24, 2.45) is 0 Å². The van der Waals surface area contributed by atoms with Gasteiger partial charge in [-0.05, 0) is 12.5 Å². The van der Waals surface area contributed by atoms with E-state index >= 15 is 0 Å². The van der Waals surface area contributed by atoms with Crippen LogP contribution in [-0.2, 0) is 4.79 Å². The Hall–Kier alpha value is -1.05. The molecule has 0 fully saturated rings. The molecule has 0 aromatic carbocycles. The van der Waals surface area contributed by atoms with Crippen molar-refractivity contribution in [3.05, 3.63) is 23.9 Å². The number of hydrogen-bond donors (Lipinski definition) is 0. The van der Waals surface area contributed by atoms with Crippen LogP contribution in [0.5, 0.6) is 0 Å². The van der Waals surface area contributed by atoms with Gasteiger partial charge in [-0.1, -0.05) is 19.1 Å². The second kappa shape index (κ2) is 3.96. The molecule has 0 aliphatic carbocycles. The van der Waals surface area contributed by atoms with Gasteiger partial charge in [0.1, 0.15) is 0 Å². The second-order valence-corrected chi connectivity index (χ2v) is 2.58. The highest BCUT2D eigenvalue weighted by atomic mass is 16.1. The maximum absolute atomic E-state index is 10.5. The lowest BCUT2D eigenvalue weighted by Gasteiger charge is -2.23. The van der Waals surface area contributed by atoms with E-state index in [0.717, 1.165) is 31.5 Å². The second-order valence-electron chi connectivity index (χ2n) is 2.58. The number of hydrogen-bond acceptors (Lipinski definition) is 2. The van der Waals surface area contributed by atoms with E-state index in [0.29, 0.717) is 0 Å². The van der Waals surface area contributed by atoms with Crippen molar-refractivity contribution in [1.82, 2.24) is 4.90 Å². The minimum atomic E-state index is 0.800. The monoisotopic (exact) mass is 151 g/mol. The quantitative estimate of drug-likeness (QED) is 0.567. The van der Waals surface area contributed by atoms with E-state index < -0.39 is 0 Å². The summed E-state index contributed by atoms with van der Waals surface area (Å²) in [6.45, 7) is 3.95. The Morgan fingerprint density at radius 2 is 2.55 bits per heavy atom. The molecule has 1 aliphatic heterocycles. The molecular formula is C9H13NO. The Morgan fingerprint density at radius 3 is 3.18 bits per heavy atom. The van der Waals surface area contributed by atoms with Gasteiger partial charge in [0.2, 0.25) is 0 Å². The van der Waals surface area contributed by atoms with E-state index in [9.17, 15) is 4.79 Å². The zero-order chi connectivity index (χ0) is 8.10. The van der Waals surface area contributed by atoms with E-state index in [2.05, 4.69) is 17.9 Å². The Bertz CT molecular complexity index is 194. The van der Waals surface area contributed by atoms with Crippen molar-refractivity contribution in [3.8, 4) is 0 Å². The van der Waals surface area contributed by atoms with Crippen molar-refractivity contribution < 1.29 is 4.79 Å². The van der Waals surface area contributed by atoms with Crippen molar-refractivity contribution in [2.75, 3.05) is 13.1 Å². The maximum Gasteiger partial charge on any atom is 0.166 e. The summed E-state index contributed by atoms with van der Waals surface area (Å²) in [4.78, 5) is 12.6. The first kappa shape index (κ1) is 8.05. The fourth-order valence-electron chi connectivity index (χ4n) is 1.17. The molecular weight excluding hydrogens is 138 g/mol. The van der Waals surface area contributed by atoms with Gasteiger partial charge in [-0.3, -0.25) is 4.79 Å². The Kier molecular flexibility index (Phi) is 2.90. The van der Waals surface area contributed by atoms with Crippen LogP contribution in [0.3, 0.4) is 0 Å². The van der Waals surface area contributed by atoms with Crippen molar-refractivity contribution in [1.29, 1.82) is 0 Å². The Labute approximate surface area is 67.2 Å². The fraction of sp³-hybridized carbons (Fsp3) is 0.444. The van der Waals surface area contributed by atoms with E-state index in [1.807, 2.05) is 12.2 Å². The zero-order valence-corrected chi connectivity index (χ0v) is 6.79. The van der Waals surface area contributed by atoms with Gasteiger partial charge in [0, 0.05) is 13.1 Å². The van der Waals surface area contributed by atoms with Crippen LogP contribution in [0.25, 0.3) is 0 Å². The highest BCUT2D eigenvalue weighted by Crippen LogP contribution is 2.07. The molecule has 1 rings (SSSR count).